The zero-order valence-electron chi connectivity index (χ0n) is 23.3. The summed E-state index contributed by atoms with van der Waals surface area (Å²) in [5.74, 6) is -5.08. The first-order valence-corrected chi connectivity index (χ1v) is 12.7. The van der Waals surface area contributed by atoms with Crippen LogP contribution < -0.4 is 5.43 Å². The Balaban J connectivity index is 3.12. The van der Waals surface area contributed by atoms with Gasteiger partial charge in [0.1, 0.15) is 35.0 Å². The number of hydrogen-bond donors (Lipinski definition) is 1. The van der Waals surface area contributed by atoms with Gasteiger partial charge in [-0.3, -0.25) is 24.0 Å². The van der Waals surface area contributed by atoms with E-state index in [0.717, 1.165) is 0 Å². The molecule has 0 aliphatic carbocycles. The van der Waals surface area contributed by atoms with Crippen molar-refractivity contribution in [1.82, 2.24) is 0 Å². The van der Waals surface area contributed by atoms with E-state index in [1.807, 2.05) is 0 Å². The highest BCUT2D eigenvalue weighted by Crippen LogP contribution is 2.28. The second-order valence-corrected chi connectivity index (χ2v) is 9.91. The standard InChI is InChI=1S/C28H42O8/c1-11-21(29)14(4)26(15(5)22(30)12-2)36-28(34)19(9)25(33)16(6)24(32)18(8)27-17(7)23(31)13(3)20(10)35-27/h14-16,18-19,25-26,33H,11-12H2,1-10H3/t14-,15-,16+,18+,19+,25+/m0/s1. The summed E-state index contributed by atoms with van der Waals surface area (Å²) in [6, 6.07) is 0. The van der Waals surface area contributed by atoms with Crippen molar-refractivity contribution in [2.75, 3.05) is 0 Å². The highest BCUT2D eigenvalue weighted by Gasteiger charge is 2.39. The third-order valence-electron chi connectivity index (χ3n) is 7.46. The summed E-state index contributed by atoms with van der Waals surface area (Å²) in [5, 5.41) is 10.9. The summed E-state index contributed by atoms with van der Waals surface area (Å²) < 4.78 is 11.4. The zero-order valence-corrected chi connectivity index (χ0v) is 23.3. The molecule has 0 saturated heterocycles. The number of esters is 1. The summed E-state index contributed by atoms with van der Waals surface area (Å²) >= 11 is 0. The van der Waals surface area contributed by atoms with Crippen LogP contribution in [0.25, 0.3) is 0 Å². The Kier molecular flexibility index (Phi) is 11.4. The van der Waals surface area contributed by atoms with E-state index >= 15 is 0 Å². The fourth-order valence-corrected chi connectivity index (χ4v) is 4.44. The topological polar surface area (TPSA) is 128 Å². The molecule has 0 aromatic carbocycles. The third kappa shape index (κ3) is 6.78. The summed E-state index contributed by atoms with van der Waals surface area (Å²) in [4.78, 5) is 63.3. The Hall–Kier alpha value is -2.61. The number of rotatable bonds is 13. The second-order valence-electron chi connectivity index (χ2n) is 9.91. The minimum atomic E-state index is -1.39. The van der Waals surface area contributed by atoms with Gasteiger partial charge in [-0.25, -0.2) is 0 Å². The maximum absolute atomic E-state index is 13.2. The summed E-state index contributed by atoms with van der Waals surface area (Å²) in [6.07, 6.45) is -1.89. The first-order chi connectivity index (χ1) is 16.6. The summed E-state index contributed by atoms with van der Waals surface area (Å²) in [5.41, 5.74) is 0.609. The van der Waals surface area contributed by atoms with E-state index in [1.165, 1.54) is 13.8 Å². The van der Waals surface area contributed by atoms with Crippen molar-refractivity contribution < 1.29 is 33.4 Å². The number of ether oxygens (including phenoxy) is 1. The molecule has 8 heteroatoms. The number of carbonyl (C=O) groups is 4. The summed E-state index contributed by atoms with van der Waals surface area (Å²) in [7, 11) is 0. The number of hydrogen-bond acceptors (Lipinski definition) is 8. The SMILES string of the molecule is CCC(=O)[C@H](C)C(OC(=O)[C@H](C)[C@H](O)[C@H](C)C(=O)[C@@H](C)c1oc(C)c(C)c(=O)c1C)[C@@H](C)C(=O)CC. The van der Waals surface area contributed by atoms with Gasteiger partial charge in [0.2, 0.25) is 0 Å². The highest BCUT2D eigenvalue weighted by atomic mass is 16.5. The third-order valence-corrected chi connectivity index (χ3v) is 7.46. The number of aliphatic hydroxyl groups excluding tert-OH is 1. The van der Waals surface area contributed by atoms with Crippen molar-refractivity contribution in [3.63, 3.8) is 0 Å². The van der Waals surface area contributed by atoms with Gasteiger partial charge in [0.25, 0.3) is 0 Å². The number of Topliss-reactive ketones (excluding diaryl/α,β-unsaturated/α-hetero) is 3. The van der Waals surface area contributed by atoms with Gasteiger partial charge in [-0.15, -0.1) is 0 Å². The summed E-state index contributed by atoms with van der Waals surface area (Å²) in [6.45, 7) is 16.1. The van der Waals surface area contributed by atoms with Crippen LogP contribution in [0.5, 0.6) is 0 Å². The molecular formula is C28H42O8. The van der Waals surface area contributed by atoms with Gasteiger partial charge in [0, 0.05) is 29.9 Å². The van der Waals surface area contributed by atoms with Crippen molar-refractivity contribution in [3.8, 4) is 0 Å². The lowest BCUT2D eigenvalue weighted by molar-refractivity contribution is -0.166. The molecule has 1 heterocycles. The molecule has 0 amide bonds. The monoisotopic (exact) mass is 506 g/mol. The van der Waals surface area contributed by atoms with E-state index in [0.29, 0.717) is 16.9 Å². The van der Waals surface area contributed by atoms with Gasteiger partial charge in [-0.1, -0.05) is 34.6 Å². The lowest BCUT2D eigenvalue weighted by Gasteiger charge is -2.31. The molecule has 0 aliphatic rings. The normalized spacial score (nSPS) is 16.6. The van der Waals surface area contributed by atoms with E-state index in [2.05, 4.69) is 0 Å². The Morgan fingerprint density at radius 1 is 0.806 bits per heavy atom. The van der Waals surface area contributed by atoms with Crippen LogP contribution in [-0.2, 0) is 23.9 Å². The number of aryl methyl sites for hydroxylation is 1. The van der Waals surface area contributed by atoms with Crippen LogP contribution in [-0.4, -0.2) is 40.6 Å². The maximum Gasteiger partial charge on any atom is 0.311 e. The lowest BCUT2D eigenvalue weighted by Crippen LogP contribution is -2.43. The van der Waals surface area contributed by atoms with E-state index in [-0.39, 0.29) is 35.6 Å². The fourth-order valence-electron chi connectivity index (χ4n) is 4.44. The lowest BCUT2D eigenvalue weighted by atomic mass is 9.83. The van der Waals surface area contributed by atoms with E-state index in [9.17, 15) is 29.1 Å². The maximum atomic E-state index is 13.2. The molecule has 1 aromatic heterocycles. The van der Waals surface area contributed by atoms with Crippen molar-refractivity contribution >= 4 is 23.3 Å². The van der Waals surface area contributed by atoms with Crippen LogP contribution in [0.1, 0.15) is 89.9 Å². The van der Waals surface area contributed by atoms with Crippen molar-refractivity contribution in [2.24, 2.45) is 23.7 Å². The molecule has 6 atom stereocenters. The molecule has 202 valence electrons. The molecule has 0 bridgehead atoms. The molecule has 0 unspecified atom stereocenters. The predicted octanol–water partition coefficient (Wildman–Crippen LogP) is 4.01. The molecule has 36 heavy (non-hydrogen) atoms. The smallest absolute Gasteiger partial charge is 0.311 e. The molecule has 0 radical (unpaired) electrons. The Morgan fingerprint density at radius 3 is 1.72 bits per heavy atom. The Labute approximate surface area is 213 Å². The molecule has 1 N–H and O–H groups in total. The molecule has 0 saturated carbocycles. The molecule has 0 spiro atoms. The van der Waals surface area contributed by atoms with Gasteiger partial charge in [-0.05, 0) is 34.6 Å². The molecule has 0 fully saturated rings. The van der Waals surface area contributed by atoms with Crippen molar-refractivity contribution in [3.05, 3.63) is 32.9 Å². The van der Waals surface area contributed by atoms with Gasteiger partial charge in [0.05, 0.1) is 29.8 Å². The molecule has 8 nitrogen and oxygen atoms in total. The molecule has 1 aromatic rings. The molecular weight excluding hydrogens is 464 g/mol. The molecule has 1 rings (SSSR count). The number of aliphatic hydroxyl groups is 1. The molecule has 0 aliphatic heterocycles. The largest absolute Gasteiger partial charge is 0.465 e. The van der Waals surface area contributed by atoms with Crippen LogP contribution in [0.4, 0.5) is 0 Å². The average molecular weight is 507 g/mol. The minimum Gasteiger partial charge on any atom is -0.465 e. The minimum absolute atomic E-state index is 0.139. The van der Waals surface area contributed by atoms with E-state index < -0.39 is 53.6 Å². The van der Waals surface area contributed by atoms with Crippen LogP contribution in [0, 0.1) is 44.4 Å². The van der Waals surface area contributed by atoms with Crippen LogP contribution in [0.3, 0.4) is 0 Å². The van der Waals surface area contributed by atoms with Crippen LogP contribution in [0.15, 0.2) is 9.21 Å². The second kappa shape index (κ2) is 13.1. The van der Waals surface area contributed by atoms with Crippen molar-refractivity contribution in [1.29, 1.82) is 0 Å². The van der Waals surface area contributed by atoms with Gasteiger partial charge in [0.15, 0.2) is 5.43 Å². The van der Waals surface area contributed by atoms with Gasteiger partial charge < -0.3 is 14.3 Å². The van der Waals surface area contributed by atoms with Crippen LogP contribution in [0.2, 0.25) is 0 Å². The zero-order chi connectivity index (χ0) is 28.1. The number of carbonyl (C=O) groups excluding carboxylic acids is 4. The quantitative estimate of drug-likeness (QED) is 0.397. The first-order valence-electron chi connectivity index (χ1n) is 12.7. The van der Waals surface area contributed by atoms with Gasteiger partial charge >= 0.3 is 5.97 Å². The Morgan fingerprint density at radius 2 is 1.28 bits per heavy atom. The van der Waals surface area contributed by atoms with Crippen molar-refractivity contribution in [2.45, 2.75) is 100 Å². The number of ketones is 3. The van der Waals surface area contributed by atoms with E-state index in [4.69, 9.17) is 9.15 Å². The highest BCUT2D eigenvalue weighted by molar-refractivity contribution is 5.88. The van der Waals surface area contributed by atoms with Gasteiger partial charge in [-0.2, -0.15) is 0 Å². The first kappa shape index (κ1) is 31.4. The fraction of sp³-hybridized carbons (Fsp3) is 0.679. The Bertz CT molecular complexity index is 1010. The average Bonchev–Trinajstić information content (AvgIpc) is 2.88. The van der Waals surface area contributed by atoms with E-state index in [1.54, 1.807) is 55.4 Å². The van der Waals surface area contributed by atoms with Crippen LogP contribution >= 0.6 is 0 Å². The predicted molar refractivity (Wildman–Crippen MR) is 136 cm³/mol.